The number of hydrogen-bond donors (Lipinski definition) is 1. The van der Waals surface area contributed by atoms with Crippen LogP contribution in [0.2, 0.25) is 0 Å². The number of ether oxygens (including phenoxy) is 1. The Kier molecular flexibility index (Phi) is 5.80. The van der Waals surface area contributed by atoms with E-state index in [1.54, 1.807) is 24.4 Å². The maximum absolute atomic E-state index is 11.8. The smallest absolute Gasteiger partial charge is 0.224 e. The van der Waals surface area contributed by atoms with E-state index in [9.17, 15) is 4.79 Å². The first-order chi connectivity index (χ1) is 13.0. The quantitative estimate of drug-likeness (QED) is 0.678. The second-order valence-electron chi connectivity index (χ2n) is 6.23. The number of aryl methyl sites for hydroxylation is 2. The van der Waals surface area contributed by atoms with Gasteiger partial charge in [-0.05, 0) is 44.5 Å². The normalized spacial score (nSPS) is 10.6. The second-order valence-corrected chi connectivity index (χ2v) is 6.23. The van der Waals surface area contributed by atoms with Crippen LogP contribution < -0.4 is 10.1 Å². The van der Waals surface area contributed by atoms with Crippen molar-refractivity contribution in [3.8, 4) is 17.4 Å². The van der Waals surface area contributed by atoms with Crippen LogP contribution in [-0.2, 0) is 4.79 Å². The molecule has 27 heavy (non-hydrogen) atoms. The average molecular weight is 365 g/mol. The lowest BCUT2D eigenvalue weighted by Crippen LogP contribution is -2.10. The van der Waals surface area contributed by atoms with Crippen molar-refractivity contribution < 1.29 is 9.53 Å². The molecule has 0 aliphatic rings. The number of amides is 1. The highest BCUT2D eigenvalue weighted by Crippen LogP contribution is 2.23. The van der Waals surface area contributed by atoms with Crippen LogP contribution in [0.25, 0.3) is 5.82 Å². The van der Waals surface area contributed by atoms with Gasteiger partial charge in [0.25, 0.3) is 0 Å². The molecule has 2 heterocycles. The third-order valence-corrected chi connectivity index (χ3v) is 3.99. The maximum Gasteiger partial charge on any atom is 0.224 e. The van der Waals surface area contributed by atoms with E-state index in [0.717, 1.165) is 24.4 Å². The van der Waals surface area contributed by atoms with Gasteiger partial charge in [0.1, 0.15) is 23.2 Å². The standard InChI is InChI=1S/C20H23N5O2/c1-4-5-6-19(26)24-16-7-9-17(10-8-16)27-20-13-18(22-14(2)23-20)25-12-11-21-15(25)3/h7-13H,4-6H2,1-3H3,(H,24,26). The molecule has 0 saturated heterocycles. The van der Waals surface area contributed by atoms with Gasteiger partial charge in [0, 0.05) is 30.6 Å². The molecule has 7 nitrogen and oxygen atoms in total. The maximum atomic E-state index is 11.8. The number of aromatic nitrogens is 4. The number of unbranched alkanes of at least 4 members (excludes halogenated alkanes) is 1. The number of nitrogens with one attached hydrogen (secondary N) is 1. The molecule has 0 radical (unpaired) electrons. The fourth-order valence-corrected chi connectivity index (χ4v) is 2.61. The summed E-state index contributed by atoms with van der Waals surface area (Å²) in [5.74, 6) is 3.25. The number of anilines is 1. The van der Waals surface area contributed by atoms with E-state index in [1.165, 1.54) is 0 Å². The number of hydrogen-bond acceptors (Lipinski definition) is 5. The lowest BCUT2D eigenvalue weighted by atomic mass is 10.2. The minimum atomic E-state index is 0.0253. The van der Waals surface area contributed by atoms with Crippen LogP contribution in [0.1, 0.15) is 37.8 Å². The van der Waals surface area contributed by atoms with Gasteiger partial charge in [-0.3, -0.25) is 9.36 Å². The zero-order valence-electron chi connectivity index (χ0n) is 15.8. The molecular weight excluding hydrogens is 342 g/mol. The van der Waals surface area contributed by atoms with E-state index >= 15 is 0 Å². The predicted octanol–water partition coefficient (Wildman–Crippen LogP) is 4.20. The van der Waals surface area contributed by atoms with Crippen LogP contribution in [0.3, 0.4) is 0 Å². The van der Waals surface area contributed by atoms with Crippen molar-refractivity contribution >= 4 is 11.6 Å². The van der Waals surface area contributed by atoms with Crippen molar-refractivity contribution in [1.82, 2.24) is 19.5 Å². The average Bonchev–Trinajstić information content (AvgIpc) is 3.07. The van der Waals surface area contributed by atoms with Crippen molar-refractivity contribution in [2.75, 3.05) is 5.32 Å². The number of nitrogens with zero attached hydrogens (tertiary/aromatic N) is 4. The lowest BCUT2D eigenvalue weighted by Gasteiger charge is -2.10. The third-order valence-electron chi connectivity index (χ3n) is 3.99. The fourth-order valence-electron chi connectivity index (χ4n) is 2.61. The summed E-state index contributed by atoms with van der Waals surface area (Å²) in [7, 11) is 0. The van der Waals surface area contributed by atoms with Crippen molar-refractivity contribution in [3.63, 3.8) is 0 Å². The molecule has 140 valence electrons. The van der Waals surface area contributed by atoms with Gasteiger partial charge in [0.2, 0.25) is 11.8 Å². The highest BCUT2D eigenvalue weighted by Gasteiger charge is 2.08. The van der Waals surface area contributed by atoms with Crippen LogP contribution >= 0.6 is 0 Å². The van der Waals surface area contributed by atoms with Gasteiger partial charge in [-0.2, -0.15) is 4.98 Å². The molecule has 3 aromatic rings. The molecule has 0 aliphatic heterocycles. The first-order valence-electron chi connectivity index (χ1n) is 8.99. The molecule has 0 saturated carbocycles. The Morgan fingerprint density at radius 2 is 1.96 bits per heavy atom. The predicted molar refractivity (Wildman–Crippen MR) is 103 cm³/mol. The Bertz CT molecular complexity index is 918. The zero-order valence-corrected chi connectivity index (χ0v) is 15.8. The van der Waals surface area contributed by atoms with Gasteiger partial charge in [-0.1, -0.05) is 13.3 Å². The van der Waals surface area contributed by atoms with Gasteiger partial charge in [0.05, 0.1) is 0 Å². The summed E-state index contributed by atoms with van der Waals surface area (Å²) in [4.78, 5) is 24.8. The molecule has 0 bridgehead atoms. The summed E-state index contributed by atoms with van der Waals surface area (Å²) < 4.78 is 7.74. The molecule has 2 aromatic heterocycles. The van der Waals surface area contributed by atoms with E-state index < -0.39 is 0 Å². The third kappa shape index (κ3) is 4.91. The minimum Gasteiger partial charge on any atom is -0.439 e. The molecule has 1 amide bonds. The Hall–Kier alpha value is -3.22. The first kappa shape index (κ1) is 18.6. The molecule has 0 aliphatic carbocycles. The summed E-state index contributed by atoms with van der Waals surface area (Å²) in [5, 5.41) is 2.88. The van der Waals surface area contributed by atoms with Crippen molar-refractivity contribution in [2.24, 2.45) is 0 Å². The Morgan fingerprint density at radius 3 is 2.63 bits per heavy atom. The van der Waals surface area contributed by atoms with E-state index in [-0.39, 0.29) is 5.91 Å². The van der Waals surface area contributed by atoms with Crippen molar-refractivity contribution in [2.45, 2.75) is 40.0 Å². The zero-order chi connectivity index (χ0) is 19.2. The molecule has 3 rings (SSSR count). The SMILES string of the molecule is CCCCC(=O)Nc1ccc(Oc2cc(-n3ccnc3C)nc(C)n2)cc1. The summed E-state index contributed by atoms with van der Waals surface area (Å²) >= 11 is 0. The molecule has 0 unspecified atom stereocenters. The molecule has 1 N–H and O–H groups in total. The summed E-state index contributed by atoms with van der Waals surface area (Å²) in [5.41, 5.74) is 0.747. The lowest BCUT2D eigenvalue weighted by molar-refractivity contribution is -0.116. The molecule has 1 aromatic carbocycles. The molecular formula is C20H23N5O2. The molecule has 7 heteroatoms. The van der Waals surface area contributed by atoms with Gasteiger partial charge in [-0.15, -0.1) is 0 Å². The Morgan fingerprint density at radius 1 is 1.19 bits per heavy atom. The first-order valence-corrected chi connectivity index (χ1v) is 8.99. The van der Waals surface area contributed by atoms with Gasteiger partial charge < -0.3 is 10.1 Å². The Balaban J connectivity index is 1.71. The topological polar surface area (TPSA) is 81.9 Å². The van der Waals surface area contributed by atoms with Crippen LogP contribution in [-0.4, -0.2) is 25.4 Å². The monoisotopic (exact) mass is 365 g/mol. The van der Waals surface area contributed by atoms with Crippen LogP contribution in [0, 0.1) is 13.8 Å². The van der Waals surface area contributed by atoms with Crippen LogP contribution in [0.5, 0.6) is 11.6 Å². The summed E-state index contributed by atoms with van der Waals surface area (Å²) in [6.45, 7) is 5.79. The van der Waals surface area contributed by atoms with Gasteiger partial charge in [0.15, 0.2) is 0 Å². The highest BCUT2D eigenvalue weighted by molar-refractivity contribution is 5.90. The molecule has 0 fully saturated rings. The van der Waals surface area contributed by atoms with Crippen molar-refractivity contribution in [3.05, 3.63) is 54.4 Å². The van der Waals surface area contributed by atoms with Crippen LogP contribution in [0.4, 0.5) is 5.69 Å². The number of carbonyl (C=O) groups is 1. The minimum absolute atomic E-state index is 0.0253. The second kappa shape index (κ2) is 8.44. The number of rotatable bonds is 7. The van der Waals surface area contributed by atoms with E-state index in [4.69, 9.17) is 4.74 Å². The number of carbonyl (C=O) groups excluding carboxylic acids is 1. The largest absolute Gasteiger partial charge is 0.439 e. The molecule has 0 spiro atoms. The Labute approximate surface area is 158 Å². The van der Waals surface area contributed by atoms with Gasteiger partial charge in [-0.25, -0.2) is 9.97 Å². The number of imidazole rings is 1. The summed E-state index contributed by atoms with van der Waals surface area (Å²) in [6.07, 6.45) is 5.99. The van der Waals surface area contributed by atoms with Crippen molar-refractivity contribution in [1.29, 1.82) is 0 Å². The molecule has 0 atom stereocenters. The summed E-state index contributed by atoms with van der Waals surface area (Å²) in [6, 6.07) is 8.99. The van der Waals surface area contributed by atoms with Gasteiger partial charge >= 0.3 is 0 Å². The highest BCUT2D eigenvalue weighted by atomic mass is 16.5. The fraction of sp³-hybridized carbons (Fsp3) is 0.300. The van der Waals surface area contributed by atoms with E-state index in [0.29, 0.717) is 29.7 Å². The van der Waals surface area contributed by atoms with E-state index in [2.05, 4.69) is 27.2 Å². The van der Waals surface area contributed by atoms with E-state index in [1.807, 2.05) is 36.7 Å². The van der Waals surface area contributed by atoms with Crippen LogP contribution in [0.15, 0.2) is 42.7 Å². The number of benzene rings is 1.